The van der Waals surface area contributed by atoms with Gasteiger partial charge < -0.3 is 5.32 Å². The molecular formula is C15H13F2NOS. The summed E-state index contributed by atoms with van der Waals surface area (Å²) in [4.78, 5) is 12.7. The average molecular weight is 293 g/mol. The molecule has 20 heavy (non-hydrogen) atoms. The van der Waals surface area contributed by atoms with Crippen LogP contribution in [0.2, 0.25) is 0 Å². The molecule has 0 spiro atoms. The van der Waals surface area contributed by atoms with Crippen molar-refractivity contribution < 1.29 is 13.6 Å². The summed E-state index contributed by atoms with van der Waals surface area (Å²) < 4.78 is 26.2. The van der Waals surface area contributed by atoms with Crippen molar-refractivity contribution >= 4 is 23.4 Å². The van der Waals surface area contributed by atoms with Gasteiger partial charge in [0.1, 0.15) is 11.6 Å². The summed E-state index contributed by atoms with van der Waals surface area (Å²) in [7, 11) is 0. The first-order valence-corrected chi connectivity index (χ1v) is 6.92. The van der Waals surface area contributed by atoms with Crippen LogP contribution in [0.25, 0.3) is 0 Å². The average Bonchev–Trinajstić information content (AvgIpc) is 2.44. The van der Waals surface area contributed by atoms with Crippen molar-refractivity contribution in [1.82, 2.24) is 0 Å². The van der Waals surface area contributed by atoms with Gasteiger partial charge >= 0.3 is 0 Å². The number of carbonyl (C=O) groups is 1. The minimum absolute atomic E-state index is 0.157. The molecule has 1 unspecified atom stereocenters. The second-order valence-corrected chi connectivity index (χ2v) is 5.60. The van der Waals surface area contributed by atoms with Gasteiger partial charge in [0, 0.05) is 4.90 Å². The first kappa shape index (κ1) is 14.5. The van der Waals surface area contributed by atoms with E-state index in [0.717, 1.165) is 4.90 Å². The quantitative estimate of drug-likeness (QED) is 0.860. The number of carbonyl (C=O) groups excluding carboxylic acids is 1. The lowest BCUT2D eigenvalue weighted by atomic mass is 10.3. The Kier molecular flexibility index (Phi) is 4.74. The zero-order valence-corrected chi connectivity index (χ0v) is 11.6. The maximum Gasteiger partial charge on any atom is 0.237 e. The van der Waals surface area contributed by atoms with Crippen molar-refractivity contribution in [1.29, 1.82) is 0 Å². The predicted molar refractivity (Wildman–Crippen MR) is 76.7 cm³/mol. The smallest absolute Gasteiger partial charge is 0.237 e. The van der Waals surface area contributed by atoms with Gasteiger partial charge in [-0.3, -0.25) is 4.79 Å². The second kappa shape index (κ2) is 6.52. The molecule has 104 valence electrons. The summed E-state index contributed by atoms with van der Waals surface area (Å²) in [5.74, 6) is -1.10. The maximum atomic E-state index is 13.4. The van der Waals surface area contributed by atoms with Crippen LogP contribution in [-0.4, -0.2) is 11.2 Å². The Morgan fingerprint density at radius 2 is 1.75 bits per heavy atom. The van der Waals surface area contributed by atoms with Crippen LogP contribution in [0.15, 0.2) is 53.4 Å². The van der Waals surface area contributed by atoms with Gasteiger partial charge in [-0.2, -0.15) is 0 Å². The molecule has 1 amide bonds. The first-order valence-electron chi connectivity index (χ1n) is 6.04. The van der Waals surface area contributed by atoms with Crippen molar-refractivity contribution in [2.75, 3.05) is 5.32 Å². The molecule has 0 aliphatic heterocycles. The van der Waals surface area contributed by atoms with Crippen molar-refractivity contribution in [2.45, 2.75) is 17.1 Å². The monoisotopic (exact) mass is 293 g/mol. The molecular weight excluding hydrogens is 280 g/mol. The summed E-state index contributed by atoms with van der Waals surface area (Å²) in [6.07, 6.45) is 0. The Morgan fingerprint density at radius 3 is 2.40 bits per heavy atom. The summed E-state index contributed by atoms with van der Waals surface area (Å²) >= 11 is 1.28. The van der Waals surface area contributed by atoms with Crippen LogP contribution in [-0.2, 0) is 4.79 Å². The van der Waals surface area contributed by atoms with E-state index in [0.29, 0.717) is 0 Å². The third-order valence-electron chi connectivity index (χ3n) is 2.63. The molecule has 0 aliphatic carbocycles. The summed E-state index contributed by atoms with van der Waals surface area (Å²) in [6.45, 7) is 1.71. The van der Waals surface area contributed by atoms with Crippen LogP contribution in [0.5, 0.6) is 0 Å². The molecule has 0 saturated carbocycles. The highest BCUT2D eigenvalue weighted by Gasteiger charge is 2.15. The molecule has 0 fully saturated rings. The van der Waals surface area contributed by atoms with Crippen molar-refractivity contribution in [3.05, 3.63) is 60.2 Å². The fourth-order valence-corrected chi connectivity index (χ4v) is 2.44. The van der Waals surface area contributed by atoms with Gasteiger partial charge in [-0.25, -0.2) is 8.78 Å². The lowest BCUT2D eigenvalue weighted by molar-refractivity contribution is -0.115. The Hall–Kier alpha value is -1.88. The van der Waals surface area contributed by atoms with Crippen LogP contribution >= 0.6 is 11.8 Å². The summed E-state index contributed by atoms with van der Waals surface area (Å²) in [5, 5.41) is 2.12. The molecule has 0 aromatic heterocycles. The maximum absolute atomic E-state index is 13.4. The number of para-hydroxylation sites is 1. The molecule has 0 saturated heterocycles. The molecule has 1 atom stereocenters. The Balaban J connectivity index is 1.99. The standard InChI is InChI=1S/C15H13F2NOS/c1-10(20-12-8-6-11(16)7-9-12)15(19)18-14-5-3-2-4-13(14)17/h2-10H,1H3,(H,18,19). The van der Waals surface area contributed by atoms with Gasteiger partial charge in [0.25, 0.3) is 0 Å². The Bertz CT molecular complexity index is 601. The minimum atomic E-state index is -0.472. The van der Waals surface area contributed by atoms with E-state index < -0.39 is 11.1 Å². The number of hydrogen-bond donors (Lipinski definition) is 1. The number of hydrogen-bond acceptors (Lipinski definition) is 2. The van der Waals surface area contributed by atoms with E-state index >= 15 is 0 Å². The summed E-state index contributed by atoms with van der Waals surface area (Å²) in [5.41, 5.74) is 0.157. The lowest BCUT2D eigenvalue weighted by Gasteiger charge is -2.12. The van der Waals surface area contributed by atoms with Crippen LogP contribution in [0.1, 0.15) is 6.92 Å². The van der Waals surface area contributed by atoms with E-state index in [1.54, 1.807) is 31.2 Å². The van der Waals surface area contributed by atoms with E-state index in [1.165, 1.54) is 36.0 Å². The molecule has 2 nitrogen and oxygen atoms in total. The second-order valence-electron chi connectivity index (χ2n) is 4.18. The Labute approximate surface area is 120 Å². The number of benzene rings is 2. The van der Waals surface area contributed by atoms with Gasteiger partial charge in [-0.05, 0) is 43.3 Å². The number of thioether (sulfide) groups is 1. The van der Waals surface area contributed by atoms with E-state index in [9.17, 15) is 13.6 Å². The minimum Gasteiger partial charge on any atom is -0.323 e. The molecule has 2 aromatic rings. The largest absolute Gasteiger partial charge is 0.323 e. The topological polar surface area (TPSA) is 29.1 Å². The van der Waals surface area contributed by atoms with Crippen LogP contribution in [0.4, 0.5) is 14.5 Å². The number of amides is 1. The molecule has 0 bridgehead atoms. The zero-order chi connectivity index (χ0) is 14.5. The number of nitrogens with one attached hydrogen (secondary N) is 1. The molecule has 2 rings (SSSR count). The van der Waals surface area contributed by atoms with Crippen molar-refractivity contribution in [2.24, 2.45) is 0 Å². The molecule has 5 heteroatoms. The predicted octanol–water partition coefficient (Wildman–Crippen LogP) is 4.08. The van der Waals surface area contributed by atoms with E-state index in [-0.39, 0.29) is 17.4 Å². The number of anilines is 1. The third kappa shape index (κ3) is 3.81. The molecule has 1 N–H and O–H groups in total. The highest BCUT2D eigenvalue weighted by atomic mass is 32.2. The lowest BCUT2D eigenvalue weighted by Crippen LogP contribution is -2.22. The van der Waals surface area contributed by atoms with Crippen LogP contribution in [0, 0.1) is 11.6 Å². The van der Waals surface area contributed by atoms with Crippen LogP contribution < -0.4 is 5.32 Å². The van der Waals surface area contributed by atoms with E-state index in [4.69, 9.17) is 0 Å². The van der Waals surface area contributed by atoms with Crippen LogP contribution in [0.3, 0.4) is 0 Å². The zero-order valence-electron chi connectivity index (χ0n) is 10.8. The van der Waals surface area contributed by atoms with Crippen molar-refractivity contribution in [3.63, 3.8) is 0 Å². The van der Waals surface area contributed by atoms with E-state index in [1.807, 2.05) is 0 Å². The number of halogens is 2. The fourth-order valence-electron chi connectivity index (χ4n) is 1.57. The SMILES string of the molecule is CC(Sc1ccc(F)cc1)C(=O)Nc1ccccc1F. The third-order valence-corrected chi connectivity index (χ3v) is 3.74. The highest BCUT2D eigenvalue weighted by molar-refractivity contribution is 8.00. The van der Waals surface area contributed by atoms with Gasteiger partial charge in [-0.15, -0.1) is 11.8 Å². The molecule has 0 aliphatic rings. The van der Waals surface area contributed by atoms with Gasteiger partial charge in [0.15, 0.2) is 0 Å². The van der Waals surface area contributed by atoms with Gasteiger partial charge in [-0.1, -0.05) is 12.1 Å². The molecule has 0 heterocycles. The first-order chi connectivity index (χ1) is 9.56. The van der Waals surface area contributed by atoms with E-state index in [2.05, 4.69) is 5.32 Å². The Morgan fingerprint density at radius 1 is 1.10 bits per heavy atom. The van der Waals surface area contributed by atoms with Crippen molar-refractivity contribution in [3.8, 4) is 0 Å². The highest BCUT2D eigenvalue weighted by Crippen LogP contribution is 2.24. The summed E-state index contributed by atoms with van der Waals surface area (Å²) in [6, 6.07) is 11.9. The normalized spacial score (nSPS) is 11.9. The van der Waals surface area contributed by atoms with Gasteiger partial charge in [0.2, 0.25) is 5.91 Å². The van der Waals surface area contributed by atoms with Gasteiger partial charge in [0.05, 0.1) is 10.9 Å². The molecule has 2 aromatic carbocycles. The fraction of sp³-hybridized carbons (Fsp3) is 0.133. The molecule has 0 radical (unpaired) electrons. The number of rotatable bonds is 4.